The molecule has 2 unspecified atom stereocenters. The maximum atomic E-state index is 14.2. The van der Waals surface area contributed by atoms with Crippen LogP contribution in [0.5, 0.6) is 17.2 Å². The van der Waals surface area contributed by atoms with Crippen LogP contribution < -0.4 is 34.2 Å². The van der Waals surface area contributed by atoms with E-state index in [-0.39, 0.29) is 78.1 Å². The summed E-state index contributed by atoms with van der Waals surface area (Å²) >= 11 is 0. The number of carbonyl (C=O) groups is 4. The van der Waals surface area contributed by atoms with Gasteiger partial charge in [-0.15, -0.1) is 0 Å². The lowest BCUT2D eigenvalue weighted by Gasteiger charge is -2.26. The highest BCUT2D eigenvalue weighted by Crippen LogP contribution is 2.45. The molecule has 0 saturated carbocycles. The number of nitrogens with one attached hydrogen (secondary N) is 1. The number of Topliss-reactive ketones (excluding diaryl/α,β-unsaturated/α-hetero) is 1. The van der Waals surface area contributed by atoms with Gasteiger partial charge in [-0.05, 0) is 141 Å². The molecule has 396 valence electrons. The number of aryl methyl sites for hydroxylation is 2. The number of ether oxygens (including phenoxy) is 3. The molecular weight excluding hydrogens is 1010 g/mol. The van der Waals surface area contributed by atoms with Gasteiger partial charge in [0.25, 0.3) is 21.9 Å². The van der Waals surface area contributed by atoms with Crippen LogP contribution in [-0.4, -0.2) is 87.1 Å². The smallest absolute Gasteiger partial charge is 0.277 e. The Kier molecular flexibility index (Phi) is 16.0. The third-order valence-electron chi connectivity index (χ3n) is 14.7. The summed E-state index contributed by atoms with van der Waals surface area (Å²) in [5, 5.41) is 1.71. The lowest BCUT2D eigenvalue weighted by Crippen LogP contribution is -2.41. The Morgan fingerprint density at radius 3 is 2.07 bits per heavy atom. The minimum atomic E-state index is -4.03. The van der Waals surface area contributed by atoms with Crippen molar-refractivity contribution in [3.63, 3.8) is 0 Å². The van der Waals surface area contributed by atoms with Crippen molar-refractivity contribution < 1.29 is 46.0 Å². The number of para-hydroxylation sites is 2. The zero-order valence-corrected chi connectivity index (χ0v) is 46.3. The number of carbonyl (C=O) groups excluding carboxylic acids is 4. The molecule has 5 aromatic carbocycles. The molecule has 75 heavy (non-hydrogen) atoms. The van der Waals surface area contributed by atoms with Crippen LogP contribution in [0, 0.1) is 6.92 Å². The Labute approximate surface area is 448 Å². The largest absolute Gasteiger partial charge is 0.493 e. The molecule has 0 radical (unpaired) electrons. The van der Waals surface area contributed by atoms with Crippen LogP contribution >= 0.6 is 21.6 Å². The van der Waals surface area contributed by atoms with Gasteiger partial charge in [0.15, 0.2) is 17.3 Å². The summed E-state index contributed by atoms with van der Waals surface area (Å²) in [5.74, 6) is 0.932. The first kappa shape index (κ1) is 53.8. The minimum Gasteiger partial charge on any atom is -0.493 e. The third kappa shape index (κ3) is 11.6. The summed E-state index contributed by atoms with van der Waals surface area (Å²) in [6, 6.07) is 29.6. The number of likely N-dealkylation sites (N-methyl/N-ethyl adjacent to an activating group) is 1. The Morgan fingerprint density at radius 1 is 0.787 bits per heavy atom. The molecule has 4 atom stereocenters. The zero-order chi connectivity index (χ0) is 53.3. The van der Waals surface area contributed by atoms with E-state index in [0.29, 0.717) is 53.4 Å². The minimum absolute atomic E-state index is 0.0121. The maximum Gasteiger partial charge on any atom is 0.277 e. The van der Waals surface area contributed by atoms with Crippen molar-refractivity contribution in [2.24, 2.45) is 0 Å². The summed E-state index contributed by atoms with van der Waals surface area (Å²) < 4.78 is 48.5. The van der Waals surface area contributed by atoms with Crippen molar-refractivity contribution in [3.8, 4) is 17.2 Å². The highest BCUT2D eigenvalue weighted by molar-refractivity contribution is 8.77. The van der Waals surface area contributed by atoms with Gasteiger partial charge in [-0.1, -0.05) is 71.8 Å². The molecule has 5 aromatic rings. The summed E-state index contributed by atoms with van der Waals surface area (Å²) in [6.45, 7) is 10.5. The lowest BCUT2D eigenvalue weighted by atomic mass is 9.99. The second-order valence-corrected chi connectivity index (χ2v) is 25.9. The second kappa shape index (κ2) is 22.3. The van der Waals surface area contributed by atoms with Crippen molar-refractivity contribution in [2.75, 3.05) is 47.8 Å². The van der Waals surface area contributed by atoms with E-state index in [1.165, 1.54) is 21.9 Å². The predicted octanol–water partition coefficient (Wildman–Crippen LogP) is 10.7. The van der Waals surface area contributed by atoms with Crippen molar-refractivity contribution in [2.45, 2.75) is 127 Å². The van der Waals surface area contributed by atoms with E-state index in [1.54, 1.807) is 30.9 Å². The van der Waals surface area contributed by atoms with Crippen LogP contribution in [-0.2, 0) is 56.4 Å². The summed E-state index contributed by atoms with van der Waals surface area (Å²) in [5.41, 5.74) is 10.1. The molecule has 0 aliphatic carbocycles. The zero-order valence-electron chi connectivity index (χ0n) is 43.9. The molecule has 1 N–H and O–H groups in total. The molecule has 3 amide bonds. The fourth-order valence-corrected chi connectivity index (χ4v) is 14.8. The van der Waals surface area contributed by atoms with Gasteiger partial charge in [-0.2, -0.15) is 8.42 Å². The molecule has 0 saturated heterocycles. The normalized spacial score (nSPS) is 17.6. The summed E-state index contributed by atoms with van der Waals surface area (Å²) in [4.78, 5) is 60.8. The molecule has 4 heterocycles. The number of ketones is 1. The number of amides is 3. The van der Waals surface area contributed by atoms with Crippen molar-refractivity contribution >= 4 is 78.0 Å². The molecule has 17 heteroatoms. The fourth-order valence-electron chi connectivity index (χ4n) is 10.8. The van der Waals surface area contributed by atoms with Crippen LogP contribution in [0.15, 0.2) is 91.0 Å². The van der Waals surface area contributed by atoms with E-state index >= 15 is 0 Å². The van der Waals surface area contributed by atoms with E-state index in [0.717, 1.165) is 65.7 Å². The first-order valence-corrected chi connectivity index (χ1v) is 29.3. The number of fused-ring (bicyclic) bond motifs is 8. The van der Waals surface area contributed by atoms with E-state index in [1.807, 2.05) is 117 Å². The molecule has 0 fully saturated rings. The van der Waals surface area contributed by atoms with E-state index in [2.05, 4.69) is 22.3 Å². The number of hydrogen-bond donors (Lipinski definition) is 1. The van der Waals surface area contributed by atoms with Gasteiger partial charge in [0.1, 0.15) is 24.2 Å². The second-order valence-electron chi connectivity index (χ2n) is 20.7. The third-order valence-corrected chi connectivity index (χ3v) is 20.2. The highest BCUT2D eigenvalue weighted by atomic mass is 33.1. The maximum absolute atomic E-state index is 14.2. The number of rotatable bonds is 20. The van der Waals surface area contributed by atoms with Gasteiger partial charge in [-0.25, -0.2) is 0 Å². The van der Waals surface area contributed by atoms with Crippen molar-refractivity contribution in [1.82, 2.24) is 0 Å². The molecule has 4 aliphatic heterocycles. The van der Waals surface area contributed by atoms with Crippen LogP contribution in [0.4, 0.5) is 22.7 Å². The molecular formula is C58H66N4O10S3. The van der Waals surface area contributed by atoms with Crippen molar-refractivity contribution in [1.29, 1.82) is 0 Å². The molecule has 0 bridgehead atoms. The van der Waals surface area contributed by atoms with Gasteiger partial charge in [0, 0.05) is 71.2 Å². The molecule has 0 spiro atoms. The van der Waals surface area contributed by atoms with Gasteiger partial charge >= 0.3 is 0 Å². The molecule has 14 nitrogen and oxygen atoms in total. The van der Waals surface area contributed by atoms with Crippen LogP contribution in [0.3, 0.4) is 0 Å². The molecule has 4 aliphatic rings. The topological polar surface area (TPSA) is 161 Å². The monoisotopic (exact) mass is 1070 g/mol. The standard InChI is InChI=1S/C58H66N4O10S3/c1-9-50(63)54(75(67,68)70-8)23-36(3)73-74-58(4,5)21-20-55(64)59-42-25-37(33-71-51-31-49-46(22-35(51)2)57(66)62-44(32-60(49)6)28-41-15-11-13-17-48(41)62)24-38(26-42)34-72-53-29-39-18-19-43-27-40-14-10-12-16-47(40)61(43)56(65)45(39)30-52(53)69-7/h10-17,22,24-26,29-31,36,43-44,54H,9,18-21,23,27-28,32-34H2,1-8H3,(H,59,64)/t36?,43-,44+,54?/m1/s1. The SMILES string of the molecule is CCC(=O)C(CC(C)SSC(C)(C)CCC(=O)Nc1cc(COc2cc3c(cc2C)C(=O)N2c4ccccc4C[C@H]2CN3C)cc(COc2cc3c(cc2OC)C(=O)N2c4ccccc4C[C@H]2CC3)c1)S(=O)(=O)OC. The number of benzene rings is 5. The highest BCUT2D eigenvalue weighted by Gasteiger charge is 2.40. The first-order valence-electron chi connectivity index (χ1n) is 25.6. The summed E-state index contributed by atoms with van der Waals surface area (Å²) in [6.07, 6.45) is 4.05. The van der Waals surface area contributed by atoms with Gasteiger partial charge in [0.05, 0.1) is 31.5 Å². The lowest BCUT2D eigenvalue weighted by molar-refractivity contribution is -0.118. The number of nitrogens with zero attached hydrogens (tertiary/aromatic N) is 3. The van der Waals surface area contributed by atoms with E-state index in [9.17, 15) is 27.6 Å². The average Bonchev–Trinajstić information content (AvgIpc) is 3.91. The van der Waals surface area contributed by atoms with Crippen LogP contribution in [0.1, 0.15) is 114 Å². The van der Waals surface area contributed by atoms with Crippen LogP contribution in [0.25, 0.3) is 0 Å². The van der Waals surface area contributed by atoms with Gasteiger partial charge in [-0.3, -0.25) is 23.4 Å². The Morgan fingerprint density at radius 2 is 1.41 bits per heavy atom. The molecule has 0 aromatic heterocycles. The Bertz CT molecular complexity index is 3140. The van der Waals surface area contributed by atoms with E-state index in [4.69, 9.17) is 18.4 Å². The van der Waals surface area contributed by atoms with E-state index < -0.39 is 15.4 Å². The fraction of sp³-hybridized carbons (Fsp3) is 0.414. The Balaban J connectivity index is 0.925. The summed E-state index contributed by atoms with van der Waals surface area (Å²) in [7, 11) is 3.68. The predicted molar refractivity (Wildman–Crippen MR) is 299 cm³/mol. The number of anilines is 4. The average molecular weight is 1080 g/mol. The number of hydrogen-bond acceptors (Lipinski definition) is 13. The first-order chi connectivity index (χ1) is 35.9. The van der Waals surface area contributed by atoms with Crippen molar-refractivity contribution in [3.05, 3.63) is 136 Å². The quantitative estimate of drug-likeness (QED) is 0.0580. The van der Waals surface area contributed by atoms with Gasteiger partial charge in [0.2, 0.25) is 5.91 Å². The molecule has 9 rings (SSSR count). The van der Waals surface area contributed by atoms with Crippen LogP contribution in [0.2, 0.25) is 0 Å². The Hall–Kier alpha value is -6.01. The number of methoxy groups -OCH3 is 1. The van der Waals surface area contributed by atoms with Gasteiger partial charge < -0.3 is 34.2 Å².